The van der Waals surface area contributed by atoms with E-state index in [1.807, 2.05) is 26.8 Å². The molecule has 0 unspecified atom stereocenters. The molecule has 0 heterocycles. The molecule has 0 bridgehead atoms. The van der Waals surface area contributed by atoms with Crippen molar-refractivity contribution in [3.8, 4) is 5.75 Å². The fourth-order valence-electron chi connectivity index (χ4n) is 3.24. The molecule has 0 aliphatic carbocycles. The second-order valence-corrected chi connectivity index (χ2v) is 9.52. The average Bonchev–Trinajstić information content (AvgIpc) is 2.74. The Morgan fingerprint density at radius 3 is 2.13 bits per heavy atom. The van der Waals surface area contributed by atoms with Crippen LogP contribution >= 0.6 is 11.6 Å². The number of hydrogen-bond donors (Lipinski definition) is 0. The molecule has 0 aliphatic rings. The number of hydrogen-bond acceptors (Lipinski definition) is 4. The molecule has 3 aromatic carbocycles. The van der Waals surface area contributed by atoms with Gasteiger partial charge in [0.25, 0.3) is 15.9 Å². The van der Waals surface area contributed by atoms with Gasteiger partial charge in [0, 0.05) is 5.02 Å². The topological polar surface area (TPSA) is 63.7 Å². The SMILES string of the molecule is Cc1cccc(N(C(=O)COc2cc(C)c(Cl)c(C)c2)S(=O)(=O)c2ccccc2)c1C. The highest BCUT2D eigenvalue weighted by Crippen LogP contribution is 2.30. The van der Waals surface area contributed by atoms with E-state index in [-0.39, 0.29) is 4.90 Å². The quantitative estimate of drug-likeness (QED) is 0.498. The molecule has 0 N–H and O–H groups in total. The van der Waals surface area contributed by atoms with Crippen LogP contribution in [-0.4, -0.2) is 20.9 Å². The van der Waals surface area contributed by atoms with Gasteiger partial charge in [-0.2, -0.15) is 4.31 Å². The predicted molar refractivity (Wildman–Crippen MR) is 123 cm³/mol. The summed E-state index contributed by atoms with van der Waals surface area (Å²) >= 11 is 6.19. The van der Waals surface area contributed by atoms with Crippen LogP contribution in [0.15, 0.2) is 65.6 Å². The highest BCUT2D eigenvalue weighted by molar-refractivity contribution is 7.93. The number of carbonyl (C=O) groups excluding carboxylic acids is 1. The third-order valence-corrected chi connectivity index (χ3v) is 7.42. The number of rotatable bonds is 6. The van der Waals surface area contributed by atoms with Crippen LogP contribution in [0.1, 0.15) is 22.3 Å². The highest BCUT2D eigenvalue weighted by Gasteiger charge is 2.32. The summed E-state index contributed by atoms with van der Waals surface area (Å²) in [6, 6.07) is 16.5. The van der Waals surface area contributed by atoms with E-state index in [1.165, 1.54) is 12.1 Å². The number of aryl methyl sites for hydroxylation is 3. The van der Waals surface area contributed by atoms with Gasteiger partial charge >= 0.3 is 0 Å². The lowest BCUT2D eigenvalue weighted by molar-refractivity contribution is -0.119. The summed E-state index contributed by atoms with van der Waals surface area (Å²) < 4.78 is 33.4. The van der Waals surface area contributed by atoms with Crippen LogP contribution in [0.3, 0.4) is 0 Å². The predicted octanol–water partition coefficient (Wildman–Crippen LogP) is 5.37. The van der Waals surface area contributed by atoms with E-state index >= 15 is 0 Å². The number of anilines is 1. The number of nitrogens with zero attached hydrogens (tertiary/aromatic N) is 1. The van der Waals surface area contributed by atoms with Gasteiger partial charge in [0.2, 0.25) is 0 Å². The van der Waals surface area contributed by atoms with Gasteiger partial charge in [-0.25, -0.2) is 8.42 Å². The zero-order valence-corrected chi connectivity index (χ0v) is 19.4. The van der Waals surface area contributed by atoms with E-state index in [9.17, 15) is 13.2 Å². The first-order valence-electron chi connectivity index (χ1n) is 9.72. The standard InChI is InChI=1S/C24H24ClNO4S/c1-16-9-8-12-22(19(16)4)26(31(28,29)21-10-6-5-7-11-21)23(27)15-30-20-13-17(2)24(25)18(3)14-20/h5-14H,15H2,1-4H3. The van der Waals surface area contributed by atoms with Crippen LogP contribution in [0.2, 0.25) is 5.02 Å². The molecule has 3 aromatic rings. The molecular formula is C24H24ClNO4S. The zero-order chi connectivity index (χ0) is 22.8. The maximum atomic E-state index is 13.4. The molecule has 0 aliphatic heterocycles. The van der Waals surface area contributed by atoms with Gasteiger partial charge < -0.3 is 4.74 Å². The van der Waals surface area contributed by atoms with E-state index in [1.54, 1.807) is 49.4 Å². The van der Waals surface area contributed by atoms with Crippen molar-refractivity contribution in [3.63, 3.8) is 0 Å². The smallest absolute Gasteiger partial charge is 0.278 e. The molecule has 5 nitrogen and oxygen atoms in total. The first-order valence-corrected chi connectivity index (χ1v) is 11.5. The molecule has 0 spiro atoms. The minimum atomic E-state index is -4.14. The Kier molecular flexibility index (Phi) is 6.72. The molecule has 3 rings (SSSR count). The first-order chi connectivity index (χ1) is 14.6. The van der Waals surface area contributed by atoms with Crippen LogP contribution in [0, 0.1) is 27.7 Å². The van der Waals surface area contributed by atoms with Gasteiger partial charge in [0.15, 0.2) is 6.61 Å². The van der Waals surface area contributed by atoms with E-state index < -0.39 is 22.5 Å². The number of amides is 1. The van der Waals surface area contributed by atoms with E-state index in [0.717, 1.165) is 21.0 Å². The van der Waals surface area contributed by atoms with E-state index in [4.69, 9.17) is 16.3 Å². The molecule has 0 radical (unpaired) electrons. The lowest BCUT2D eigenvalue weighted by Crippen LogP contribution is -2.40. The van der Waals surface area contributed by atoms with Crippen molar-refractivity contribution in [3.05, 3.63) is 87.9 Å². The van der Waals surface area contributed by atoms with Crippen molar-refractivity contribution in [1.29, 1.82) is 0 Å². The second-order valence-electron chi connectivity index (χ2n) is 7.35. The normalized spacial score (nSPS) is 11.3. The molecular weight excluding hydrogens is 434 g/mol. The molecule has 0 fully saturated rings. The number of benzene rings is 3. The Hall–Kier alpha value is -2.83. The Morgan fingerprint density at radius 2 is 1.52 bits per heavy atom. The van der Waals surface area contributed by atoms with E-state index in [2.05, 4.69) is 0 Å². The summed E-state index contributed by atoms with van der Waals surface area (Å²) in [5.74, 6) is -0.242. The molecule has 31 heavy (non-hydrogen) atoms. The van der Waals surface area contributed by atoms with Crippen LogP contribution in [0.25, 0.3) is 0 Å². The minimum Gasteiger partial charge on any atom is -0.484 e. The molecule has 0 saturated carbocycles. The van der Waals surface area contributed by atoms with Crippen LogP contribution in [-0.2, 0) is 14.8 Å². The molecule has 7 heteroatoms. The van der Waals surface area contributed by atoms with Crippen molar-refractivity contribution in [2.75, 3.05) is 10.9 Å². The van der Waals surface area contributed by atoms with Gasteiger partial charge in [-0.15, -0.1) is 0 Å². The molecule has 0 atom stereocenters. The summed E-state index contributed by atoms with van der Waals surface area (Å²) in [4.78, 5) is 13.3. The fourth-order valence-corrected chi connectivity index (χ4v) is 4.84. The third kappa shape index (κ3) is 4.75. The molecule has 0 saturated heterocycles. The summed E-state index contributed by atoms with van der Waals surface area (Å²) in [5.41, 5.74) is 3.51. The largest absolute Gasteiger partial charge is 0.484 e. The summed E-state index contributed by atoms with van der Waals surface area (Å²) in [6.45, 7) is 6.89. The average molecular weight is 458 g/mol. The molecule has 162 valence electrons. The first kappa shape index (κ1) is 22.8. The minimum absolute atomic E-state index is 0.0300. The van der Waals surface area contributed by atoms with Crippen molar-refractivity contribution in [1.82, 2.24) is 0 Å². The lowest BCUT2D eigenvalue weighted by Gasteiger charge is -2.25. The number of sulfonamides is 1. The molecule has 0 aromatic heterocycles. The van der Waals surface area contributed by atoms with Gasteiger partial charge in [-0.1, -0.05) is 41.9 Å². The van der Waals surface area contributed by atoms with E-state index in [0.29, 0.717) is 22.0 Å². The fraction of sp³-hybridized carbons (Fsp3) is 0.208. The third-order valence-electron chi connectivity index (χ3n) is 5.08. The maximum Gasteiger partial charge on any atom is 0.278 e. The highest BCUT2D eigenvalue weighted by atomic mass is 35.5. The lowest BCUT2D eigenvalue weighted by atomic mass is 10.1. The van der Waals surface area contributed by atoms with Gasteiger partial charge in [-0.3, -0.25) is 4.79 Å². The van der Waals surface area contributed by atoms with Crippen molar-refractivity contribution >= 4 is 33.2 Å². The Balaban J connectivity index is 2.00. The zero-order valence-electron chi connectivity index (χ0n) is 17.8. The van der Waals surface area contributed by atoms with Crippen LogP contribution in [0.4, 0.5) is 5.69 Å². The van der Waals surface area contributed by atoms with Crippen LogP contribution < -0.4 is 9.04 Å². The van der Waals surface area contributed by atoms with Crippen molar-refractivity contribution < 1.29 is 17.9 Å². The second kappa shape index (κ2) is 9.12. The van der Waals surface area contributed by atoms with Crippen molar-refractivity contribution in [2.45, 2.75) is 32.6 Å². The summed E-state index contributed by atoms with van der Waals surface area (Å²) in [7, 11) is -4.14. The Morgan fingerprint density at radius 1 is 0.903 bits per heavy atom. The Labute approximate surface area is 188 Å². The number of ether oxygens (including phenoxy) is 1. The monoisotopic (exact) mass is 457 g/mol. The van der Waals surface area contributed by atoms with Crippen molar-refractivity contribution in [2.24, 2.45) is 0 Å². The maximum absolute atomic E-state index is 13.4. The van der Waals surface area contributed by atoms with Gasteiger partial charge in [0.1, 0.15) is 5.75 Å². The Bertz CT molecular complexity index is 1200. The number of halogens is 1. The summed E-state index contributed by atoms with van der Waals surface area (Å²) in [5, 5.41) is 0.627. The number of carbonyl (C=O) groups is 1. The summed E-state index contributed by atoms with van der Waals surface area (Å²) in [6.07, 6.45) is 0. The van der Waals surface area contributed by atoms with Gasteiger partial charge in [-0.05, 0) is 80.3 Å². The molecule has 1 amide bonds. The van der Waals surface area contributed by atoms with Crippen LogP contribution in [0.5, 0.6) is 5.75 Å². The van der Waals surface area contributed by atoms with Gasteiger partial charge in [0.05, 0.1) is 10.6 Å².